The van der Waals surface area contributed by atoms with Crippen LogP contribution in [0.5, 0.6) is 0 Å². The van der Waals surface area contributed by atoms with Crippen LogP contribution >= 0.6 is 11.3 Å². The highest BCUT2D eigenvalue weighted by atomic mass is 32.1. The minimum atomic E-state index is 0.801. The lowest BCUT2D eigenvalue weighted by Gasteiger charge is -2.35. The molecule has 0 radical (unpaired) electrons. The van der Waals surface area contributed by atoms with Gasteiger partial charge in [-0.2, -0.15) is 5.10 Å². The summed E-state index contributed by atoms with van der Waals surface area (Å²) in [7, 11) is 0. The van der Waals surface area contributed by atoms with Crippen molar-refractivity contribution >= 4 is 22.3 Å². The Morgan fingerprint density at radius 1 is 0.923 bits per heavy atom. The van der Waals surface area contributed by atoms with Crippen LogP contribution in [0.3, 0.4) is 0 Å². The van der Waals surface area contributed by atoms with Gasteiger partial charge in [0.1, 0.15) is 12.1 Å². The maximum atomic E-state index is 4.91. The highest BCUT2D eigenvalue weighted by molar-refractivity contribution is 7.15. The van der Waals surface area contributed by atoms with Crippen LogP contribution in [-0.2, 0) is 12.8 Å². The highest BCUT2D eigenvalue weighted by Gasteiger charge is 2.23. The van der Waals surface area contributed by atoms with E-state index in [-0.39, 0.29) is 0 Å². The van der Waals surface area contributed by atoms with Gasteiger partial charge in [-0.3, -0.25) is 0 Å². The predicted octanol–water partition coefficient (Wildman–Crippen LogP) is 2.32. The van der Waals surface area contributed by atoms with Gasteiger partial charge >= 0.3 is 0 Å². The van der Waals surface area contributed by atoms with Crippen LogP contribution in [0.4, 0.5) is 10.9 Å². The molecule has 0 aromatic carbocycles. The molecular formula is C18H21N7S. The Labute approximate surface area is 156 Å². The van der Waals surface area contributed by atoms with Crippen molar-refractivity contribution in [1.82, 2.24) is 24.7 Å². The second kappa shape index (κ2) is 6.68. The molecule has 0 unspecified atom stereocenters. The minimum Gasteiger partial charge on any atom is -0.353 e. The summed E-state index contributed by atoms with van der Waals surface area (Å²) < 4.78 is 1.77. The summed E-state index contributed by atoms with van der Waals surface area (Å²) in [6.45, 7) is 3.85. The lowest BCUT2D eigenvalue weighted by atomic mass is 10.0. The van der Waals surface area contributed by atoms with E-state index in [0.717, 1.165) is 44.2 Å². The molecule has 3 aromatic rings. The van der Waals surface area contributed by atoms with Crippen LogP contribution < -0.4 is 9.80 Å². The van der Waals surface area contributed by atoms with Crippen LogP contribution in [0.15, 0.2) is 30.9 Å². The first kappa shape index (κ1) is 15.7. The Bertz CT molecular complexity index is 857. The van der Waals surface area contributed by atoms with E-state index in [0.29, 0.717) is 0 Å². The molecule has 26 heavy (non-hydrogen) atoms. The maximum Gasteiger partial charge on any atom is 0.185 e. The third kappa shape index (κ3) is 2.94. The fourth-order valence-corrected chi connectivity index (χ4v) is 4.84. The number of rotatable bonds is 3. The molecule has 0 amide bonds. The van der Waals surface area contributed by atoms with Crippen molar-refractivity contribution in [3.63, 3.8) is 0 Å². The average Bonchev–Trinajstić information content (AvgIpc) is 3.38. The van der Waals surface area contributed by atoms with E-state index in [1.54, 1.807) is 17.2 Å². The Hall–Kier alpha value is -2.48. The monoisotopic (exact) mass is 367 g/mol. The number of piperazine rings is 1. The van der Waals surface area contributed by atoms with E-state index >= 15 is 0 Å². The summed E-state index contributed by atoms with van der Waals surface area (Å²) in [6, 6.07) is 3.90. The van der Waals surface area contributed by atoms with Crippen LogP contribution in [-0.4, -0.2) is 50.9 Å². The smallest absolute Gasteiger partial charge is 0.185 e. The van der Waals surface area contributed by atoms with Crippen LogP contribution in [0.25, 0.3) is 5.82 Å². The van der Waals surface area contributed by atoms with Gasteiger partial charge in [0.25, 0.3) is 0 Å². The first-order valence-electron chi connectivity index (χ1n) is 9.17. The molecule has 0 spiro atoms. The average molecular weight is 367 g/mol. The van der Waals surface area contributed by atoms with Gasteiger partial charge in [-0.1, -0.05) is 0 Å². The second-order valence-electron chi connectivity index (χ2n) is 6.73. The van der Waals surface area contributed by atoms with Gasteiger partial charge in [0.2, 0.25) is 0 Å². The van der Waals surface area contributed by atoms with E-state index in [2.05, 4.69) is 24.9 Å². The molecule has 3 aromatic heterocycles. The summed E-state index contributed by atoms with van der Waals surface area (Å²) in [5.41, 5.74) is 1.35. The number of thiazole rings is 1. The van der Waals surface area contributed by atoms with Gasteiger partial charge in [-0.15, -0.1) is 11.3 Å². The van der Waals surface area contributed by atoms with Crippen molar-refractivity contribution in [1.29, 1.82) is 0 Å². The van der Waals surface area contributed by atoms with E-state index in [1.807, 2.05) is 29.7 Å². The fourth-order valence-electron chi connectivity index (χ4n) is 3.64. The van der Waals surface area contributed by atoms with Crippen molar-refractivity contribution in [2.75, 3.05) is 36.0 Å². The first-order chi connectivity index (χ1) is 12.9. The lowest BCUT2D eigenvalue weighted by molar-refractivity contribution is 0.641. The van der Waals surface area contributed by atoms with Crippen molar-refractivity contribution in [3.05, 3.63) is 41.4 Å². The van der Waals surface area contributed by atoms with Crippen molar-refractivity contribution in [3.8, 4) is 5.82 Å². The Morgan fingerprint density at radius 2 is 1.73 bits per heavy atom. The molecule has 0 bridgehead atoms. The van der Waals surface area contributed by atoms with Gasteiger partial charge in [-0.25, -0.2) is 19.6 Å². The van der Waals surface area contributed by atoms with E-state index in [1.165, 1.54) is 35.0 Å². The maximum absolute atomic E-state index is 4.91. The number of aryl methyl sites for hydroxylation is 2. The lowest BCUT2D eigenvalue weighted by Crippen LogP contribution is -2.46. The minimum absolute atomic E-state index is 0.801. The fraction of sp³-hybridized carbons (Fsp3) is 0.444. The molecule has 0 atom stereocenters. The molecule has 134 valence electrons. The second-order valence-corrected chi connectivity index (χ2v) is 7.79. The summed E-state index contributed by atoms with van der Waals surface area (Å²) in [4.78, 5) is 19.9. The van der Waals surface area contributed by atoms with Crippen LogP contribution in [0.2, 0.25) is 0 Å². The topological polar surface area (TPSA) is 63.0 Å². The zero-order valence-corrected chi connectivity index (χ0v) is 15.4. The molecule has 7 nitrogen and oxygen atoms in total. The third-order valence-electron chi connectivity index (χ3n) is 5.09. The number of hydrogen-bond donors (Lipinski definition) is 0. The molecule has 0 N–H and O–H groups in total. The molecule has 4 heterocycles. The predicted molar refractivity (Wildman–Crippen MR) is 102 cm³/mol. The Balaban J connectivity index is 1.28. The number of nitrogens with zero attached hydrogens (tertiary/aromatic N) is 7. The molecule has 1 aliphatic carbocycles. The zero-order chi connectivity index (χ0) is 17.3. The van der Waals surface area contributed by atoms with Gasteiger partial charge in [-0.05, 0) is 31.7 Å². The number of anilines is 2. The molecule has 2 aliphatic rings. The summed E-state index contributed by atoms with van der Waals surface area (Å²) in [5.74, 6) is 1.76. The van der Waals surface area contributed by atoms with Gasteiger partial charge in [0.05, 0.1) is 5.69 Å². The van der Waals surface area contributed by atoms with Crippen molar-refractivity contribution in [2.24, 2.45) is 0 Å². The van der Waals surface area contributed by atoms with E-state index in [9.17, 15) is 0 Å². The van der Waals surface area contributed by atoms with Crippen LogP contribution in [0.1, 0.15) is 23.4 Å². The molecule has 8 heteroatoms. The Morgan fingerprint density at radius 3 is 2.54 bits per heavy atom. The SMILES string of the molecule is c1cnn(-c2cc(N3CCN(c4nc5c(s4)CCCC5)CC3)ncn2)c1. The molecule has 1 aliphatic heterocycles. The Kier molecular flexibility index (Phi) is 4.05. The van der Waals surface area contributed by atoms with E-state index < -0.39 is 0 Å². The number of fused-ring (bicyclic) bond motifs is 1. The number of hydrogen-bond acceptors (Lipinski definition) is 7. The quantitative estimate of drug-likeness (QED) is 0.708. The van der Waals surface area contributed by atoms with E-state index in [4.69, 9.17) is 4.98 Å². The zero-order valence-electron chi connectivity index (χ0n) is 14.6. The molecule has 1 saturated heterocycles. The highest BCUT2D eigenvalue weighted by Crippen LogP contribution is 2.32. The van der Waals surface area contributed by atoms with Gasteiger partial charge in [0.15, 0.2) is 10.9 Å². The third-order valence-corrected chi connectivity index (χ3v) is 6.30. The van der Waals surface area contributed by atoms with Crippen molar-refractivity contribution < 1.29 is 0 Å². The standard InChI is InChI=1S/C18H21N7S/c1-2-5-15-14(4-1)22-18(26-15)24-10-8-23(9-11-24)16-12-17(20-13-19-16)25-7-3-6-21-25/h3,6-7,12-13H,1-2,4-5,8-11H2. The number of aromatic nitrogens is 5. The largest absolute Gasteiger partial charge is 0.353 e. The normalized spacial score (nSPS) is 17.4. The molecule has 5 rings (SSSR count). The summed E-state index contributed by atoms with van der Waals surface area (Å²) >= 11 is 1.90. The van der Waals surface area contributed by atoms with Gasteiger partial charge < -0.3 is 9.80 Å². The molecular weight excluding hydrogens is 346 g/mol. The molecule has 1 fully saturated rings. The van der Waals surface area contributed by atoms with Crippen LogP contribution in [0, 0.1) is 0 Å². The summed E-state index contributed by atoms with van der Waals surface area (Å²) in [5, 5.41) is 5.45. The van der Waals surface area contributed by atoms with Crippen molar-refractivity contribution in [2.45, 2.75) is 25.7 Å². The summed E-state index contributed by atoms with van der Waals surface area (Å²) in [6.07, 6.45) is 10.2. The first-order valence-corrected chi connectivity index (χ1v) is 9.99. The molecule has 0 saturated carbocycles. The van der Waals surface area contributed by atoms with Gasteiger partial charge in [0, 0.05) is 49.5 Å².